The van der Waals surface area contributed by atoms with Crippen molar-refractivity contribution in [3.8, 4) is 0 Å². The molecule has 0 amide bonds. The van der Waals surface area contributed by atoms with E-state index in [-0.39, 0.29) is 0 Å². The van der Waals surface area contributed by atoms with E-state index in [1.54, 1.807) is 0 Å². The molecule has 0 aliphatic carbocycles. The van der Waals surface area contributed by atoms with Crippen LogP contribution in [-0.2, 0) is 38.9 Å². The van der Waals surface area contributed by atoms with Gasteiger partial charge in [0.05, 0.1) is 0 Å². The molecule has 0 N–H and O–H groups in total. The van der Waals surface area contributed by atoms with Crippen molar-refractivity contribution in [3.05, 3.63) is 0 Å². The van der Waals surface area contributed by atoms with Crippen LogP contribution in [0.1, 0.15) is 0 Å². The minimum absolute atomic E-state index is 3.12. The first-order valence-electron chi connectivity index (χ1n) is 2.29. The molecular weight excluding hydrogens is 258 g/mol. The van der Waals surface area contributed by atoms with Gasteiger partial charge in [-0.3, -0.25) is 0 Å². The van der Waals surface area contributed by atoms with Crippen molar-refractivity contribution in [2.24, 2.45) is 0 Å². The van der Waals surface area contributed by atoms with E-state index in [4.69, 9.17) is 0 Å². The smallest absolute Gasteiger partial charge is 0.195 e. The Labute approximate surface area is 73.8 Å². The second kappa shape index (κ2) is 2.66. The highest BCUT2D eigenvalue weighted by atomic mass is 32.3. The summed E-state index contributed by atoms with van der Waals surface area (Å²) in [5.41, 5.74) is 0. The third-order valence-electron chi connectivity index (χ3n) is 0.872. The van der Waals surface area contributed by atoms with Gasteiger partial charge in [-0.15, -0.1) is 7.26 Å². The van der Waals surface area contributed by atoms with Gasteiger partial charge in [0.15, 0.2) is 0 Å². The first kappa shape index (κ1) is 10.9. The van der Waals surface area contributed by atoms with E-state index in [9.17, 15) is 29.8 Å². The second-order valence-corrected chi connectivity index (χ2v) is 6.31. The zero-order valence-electron chi connectivity index (χ0n) is 5.34. The largest absolute Gasteiger partial charge is 0.498 e. The summed E-state index contributed by atoms with van der Waals surface area (Å²) < 4.78 is 77.1. The zero-order chi connectivity index (χ0) is 10.5. The van der Waals surface area contributed by atoms with Crippen LogP contribution in [0.4, 0.5) is 8.78 Å². The molecule has 0 atom stereocenters. The van der Waals surface area contributed by atoms with E-state index in [2.05, 4.69) is 7.26 Å². The molecule has 1 aliphatic rings. The Morgan fingerprint density at radius 3 is 1.62 bits per heavy atom. The van der Waals surface area contributed by atoms with E-state index in [0.717, 1.165) is 0 Å². The summed E-state index contributed by atoms with van der Waals surface area (Å²) in [5, 5.41) is 0. The van der Waals surface area contributed by atoms with Crippen LogP contribution in [0.25, 0.3) is 0 Å². The number of hydrogen-bond donors (Lipinski definition) is 0. The third kappa shape index (κ3) is 1.48. The molecule has 1 rings (SSSR count). The van der Waals surface area contributed by atoms with Gasteiger partial charge in [-0.05, 0) is 0 Å². The Morgan fingerprint density at radius 1 is 1.00 bits per heavy atom. The highest BCUT2D eigenvalue weighted by molar-refractivity contribution is 8.13. The van der Waals surface area contributed by atoms with Crippen LogP contribution in [0.2, 0.25) is 0 Å². The Balaban J connectivity index is 3.45. The Hall–Kier alpha value is -0.170. The van der Waals surface area contributed by atoms with Gasteiger partial charge in [-0.2, -0.15) is 29.8 Å². The summed E-state index contributed by atoms with van der Waals surface area (Å²) in [6.07, 6.45) is 0. The average Bonchev–Trinajstić information content (AvgIpc) is 1.80. The Morgan fingerprint density at radius 2 is 1.31 bits per heavy atom. The SMILES string of the molecule is O=S1OS(=O)(=O)C(F)(F)S(=O)(=O)O1. The molecule has 1 fully saturated rings. The van der Waals surface area contributed by atoms with E-state index >= 15 is 0 Å². The monoisotopic (exact) mass is 258 g/mol. The van der Waals surface area contributed by atoms with Crippen molar-refractivity contribution in [3.63, 3.8) is 0 Å². The van der Waals surface area contributed by atoms with Crippen LogP contribution in [0, 0.1) is 0 Å². The molecule has 1 aliphatic heterocycles. The molecule has 7 nitrogen and oxygen atoms in total. The molecule has 1 saturated heterocycles. The molecule has 0 bridgehead atoms. The number of alkyl halides is 2. The predicted octanol–water partition coefficient (Wildman–Crippen LogP) is -1.18. The van der Waals surface area contributed by atoms with Crippen molar-refractivity contribution in [2.45, 2.75) is 4.59 Å². The van der Waals surface area contributed by atoms with Crippen LogP contribution in [0.3, 0.4) is 0 Å². The van der Waals surface area contributed by atoms with E-state index < -0.39 is 36.2 Å². The van der Waals surface area contributed by atoms with E-state index in [1.807, 2.05) is 0 Å². The summed E-state index contributed by atoms with van der Waals surface area (Å²) in [4.78, 5) is 0. The highest BCUT2D eigenvalue weighted by Gasteiger charge is 2.65. The van der Waals surface area contributed by atoms with Crippen LogP contribution in [0.15, 0.2) is 0 Å². The molecule has 0 saturated carbocycles. The van der Waals surface area contributed by atoms with Crippen molar-refractivity contribution < 1.29 is 37.1 Å². The molecular formula is CF2O7S3. The quantitative estimate of drug-likeness (QED) is 0.538. The molecule has 13 heavy (non-hydrogen) atoms. The van der Waals surface area contributed by atoms with Gasteiger partial charge in [-0.25, -0.2) is 0 Å². The van der Waals surface area contributed by atoms with E-state index in [1.165, 1.54) is 0 Å². The van der Waals surface area contributed by atoms with Gasteiger partial charge >= 0.3 is 36.2 Å². The van der Waals surface area contributed by atoms with Crippen LogP contribution >= 0.6 is 0 Å². The van der Waals surface area contributed by atoms with Crippen molar-refractivity contribution in [1.29, 1.82) is 0 Å². The molecule has 0 radical (unpaired) electrons. The molecule has 0 aromatic heterocycles. The maximum Gasteiger partial charge on any atom is 0.498 e. The number of halogens is 2. The first-order valence-corrected chi connectivity index (χ1v) is 6.10. The minimum Gasteiger partial charge on any atom is -0.195 e. The molecule has 78 valence electrons. The summed E-state index contributed by atoms with van der Waals surface area (Å²) >= 11 is -3.28. The molecule has 0 spiro atoms. The maximum absolute atomic E-state index is 12.4. The molecule has 0 aromatic carbocycles. The Kier molecular flexibility index (Phi) is 2.23. The van der Waals surface area contributed by atoms with Crippen LogP contribution in [0.5, 0.6) is 0 Å². The fourth-order valence-corrected chi connectivity index (χ4v) is 3.96. The molecule has 12 heteroatoms. The van der Waals surface area contributed by atoms with Crippen molar-refractivity contribution in [2.75, 3.05) is 0 Å². The van der Waals surface area contributed by atoms with Gasteiger partial charge in [0.2, 0.25) is 0 Å². The highest BCUT2D eigenvalue weighted by Crippen LogP contribution is 2.36. The molecule has 0 aromatic rings. The molecule has 0 unspecified atom stereocenters. The van der Waals surface area contributed by atoms with Crippen molar-refractivity contribution in [1.82, 2.24) is 0 Å². The maximum atomic E-state index is 12.4. The lowest BCUT2D eigenvalue weighted by atomic mass is 11.6. The lowest BCUT2D eigenvalue weighted by molar-refractivity contribution is 0.149. The number of hydrogen-bond acceptors (Lipinski definition) is 7. The van der Waals surface area contributed by atoms with Crippen molar-refractivity contribution >= 4 is 31.6 Å². The third-order valence-corrected chi connectivity index (χ3v) is 5.58. The standard InChI is InChI=1S/CF2O7S3/c2-1(3)12(5,6)9-11(4)10-13(1,7)8. The van der Waals surface area contributed by atoms with Crippen LogP contribution < -0.4 is 0 Å². The van der Waals surface area contributed by atoms with E-state index in [0.29, 0.717) is 0 Å². The zero-order valence-corrected chi connectivity index (χ0v) is 7.79. The number of rotatable bonds is 0. The first-order chi connectivity index (χ1) is 5.60. The van der Waals surface area contributed by atoms with Gasteiger partial charge in [0, 0.05) is 0 Å². The average molecular weight is 258 g/mol. The van der Waals surface area contributed by atoms with Gasteiger partial charge < -0.3 is 0 Å². The van der Waals surface area contributed by atoms with Crippen LogP contribution in [-0.4, -0.2) is 25.6 Å². The van der Waals surface area contributed by atoms with Gasteiger partial charge in [-0.1, -0.05) is 0 Å². The summed E-state index contributed by atoms with van der Waals surface area (Å²) in [6.45, 7) is 0. The fourth-order valence-electron chi connectivity index (χ4n) is 0.362. The lowest BCUT2D eigenvalue weighted by Crippen LogP contribution is -2.45. The summed E-state index contributed by atoms with van der Waals surface area (Å²) in [7, 11) is -11.5. The predicted molar refractivity (Wildman–Crippen MR) is 33.1 cm³/mol. The minimum atomic E-state index is -5.76. The lowest BCUT2D eigenvalue weighted by Gasteiger charge is -2.18. The fraction of sp³-hybridized carbons (Fsp3) is 1.00. The topological polar surface area (TPSA) is 104 Å². The molecule has 1 heterocycles. The van der Waals surface area contributed by atoms with Gasteiger partial charge in [0.1, 0.15) is 0 Å². The summed E-state index contributed by atoms with van der Waals surface area (Å²) in [5.74, 6) is 0. The Bertz CT molecular complexity index is 402. The van der Waals surface area contributed by atoms with Gasteiger partial charge in [0.25, 0.3) is 0 Å². The second-order valence-electron chi connectivity index (χ2n) is 1.71. The summed E-state index contributed by atoms with van der Waals surface area (Å²) in [6, 6.07) is 0. The normalized spacial score (nSPS) is 31.2.